The number of allylic oxidation sites excluding steroid dienone is 3. The van der Waals surface area contributed by atoms with Gasteiger partial charge in [0.05, 0.1) is 12.5 Å². The minimum atomic E-state index is 0.0811. The number of hydrazine groups is 1. The molecule has 166 valence electrons. The number of benzene rings is 1. The average molecular weight is 414 g/mol. The predicted octanol–water partition coefficient (Wildman–Crippen LogP) is 4.36. The molecule has 1 aromatic rings. The van der Waals surface area contributed by atoms with Crippen LogP contribution >= 0.6 is 0 Å². The Kier molecular flexibility index (Phi) is 10.1. The lowest BCUT2D eigenvalue weighted by Crippen LogP contribution is -2.39. The topological polar surface area (TPSA) is 44.8 Å². The van der Waals surface area contributed by atoms with Crippen LogP contribution in [0.25, 0.3) is 0 Å². The highest BCUT2D eigenvalue weighted by Gasteiger charge is 2.28. The van der Waals surface area contributed by atoms with E-state index in [2.05, 4.69) is 62.1 Å². The molecule has 1 fully saturated rings. The molecule has 5 heteroatoms. The van der Waals surface area contributed by atoms with Crippen LogP contribution in [0.2, 0.25) is 0 Å². The van der Waals surface area contributed by atoms with Gasteiger partial charge in [-0.3, -0.25) is 4.79 Å². The monoisotopic (exact) mass is 413 g/mol. The van der Waals surface area contributed by atoms with E-state index in [0.717, 1.165) is 50.3 Å². The summed E-state index contributed by atoms with van der Waals surface area (Å²) in [4.78, 5) is 12.4. The second kappa shape index (κ2) is 12.6. The van der Waals surface area contributed by atoms with Crippen LogP contribution in [0.5, 0.6) is 5.75 Å². The highest BCUT2D eigenvalue weighted by Crippen LogP contribution is 2.14. The van der Waals surface area contributed by atoms with Crippen molar-refractivity contribution in [2.24, 2.45) is 0 Å². The Balaban J connectivity index is 1.74. The molecule has 1 aromatic carbocycles. The van der Waals surface area contributed by atoms with Gasteiger partial charge in [0.1, 0.15) is 12.4 Å². The highest BCUT2D eigenvalue weighted by atomic mass is 16.5. The van der Waals surface area contributed by atoms with Gasteiger partial charge >= 0.3 is 0 Å². The van der Waals surface area contributed by atoms with Crippen molar-refractivity contribution >= 4 is 5.91 Å². The largest absolute Gasteiger partial charge is 0.490 e. The molecule has 0 saturated carbocycles. The van der Waals surface area contributed by atoms with E-state index in [0.29, 0.717) is 13.0 Å². The van der Waals surface area contributed by atoms with Crippen LogP contribution in [0.15, 0.2) is 47.6 Å². The molecule has 1 saturated heterocycles. The fraction of sp³-hybridized carbons (Fsp3) is 0.560. The number of hydrogen-bond donors (Lipinski definition) is 1. The van der Waals surface area contributed by atoms with Gasteiger partial charge in [-0.05, 0) is 57.4 Å². The molecule has 5 nitrogen and oxygen atoms in total. The number of nitrogens with zero attached hydrogens (tertiary/aromatic N) is 2. The molecule has 30 heavy (non-hydrogen) atoms. The van der Waals surface area contributed by atoms with Crippen molar-refractivity contribution in [3.05, 3.63) is 53.1 Å². The third-order valence-electron chi connectivity index (χ3n) is 5.42. The first kappa shape index (κ1) is 24.2. The maximum Gasteiger partial charge on any atom is 0.224 e. The SMILES string of the molecule is CCN1CC(NC(=O)Cc2ccc(OCC=C(C)CCC=C(C)C)cc2)CN1CC. The first-order valence-corrected chi connectivity index (χ1v) is 11.2. The molecule has 0 spiro atoms. The minimum absolute atomic E-state index is 0.0811. The van der Waals surface area contributed by atoms with E-state index in [9.17, 15) is 4.79 Å². The maximum atomic E-state index is 12.4. The zero-order valence-corrected chi connectivity index (χ0v) is 19.4. The summed E-state index contributed by atoms with van der Waals surface area (Å²) in [6.07, 6.45) is 6.95. The summed E-state index contributed by atoms with van der Waals surface area (Å²) < 4.78 is 5.82. The molecule has 1 aliphatic rings. The Morgan fingerprint density at radius 3 is 2.27 bits per heavy atom. The molecule has 0 bridgehead atoms. The number of nitrogens with one attached hydrogen (secondary N) is 1. The summed E-state index contributed by atoms with van der Waals surface area (Å²) >= 11 is 0. The molecule has 0 unspecified atom stereocenters. The minimum Gasteiger partial charge on any atom is -0.490 e. The van der Waals surface area contributed by atoms with Crippen molar-refractivity contribution in [2.75, 3.05) is 32.8 Å². The molecular formula is C25H39N3O2. The van der Waals surface area contributed by atoms with Crippen molar-refractivity contribution in [3.8, 4) is 5.75 Å². The van der Waals surface area contributed by atoms with E-state index in [1.807, 2.05) is 24.3 Å². The van der Waals surface area contributed by atoms with E-state index >= 15 is 0 Å². The summed E-state index contributed by atoms with van der Waals surface area (Å²) in [6, 6.07) is 8.05. The van der Waals surface area contributed by atoms with Gasteiger partial charge in [-0.15, -0.1) is 0 Å². The lowest BCUT2D eigenvalue weighted by Gasteiger charge is -2.24. The number of carbonyl (C=O) groups excluding carboxylic acids is 1. The predicted molar refractivity (Wildman–Crippen MR) is 124 cm³/mol. The van der Waals surface area contributed by atoms with E-state index in [4.69, 9.17) is 4.74 Å². The lowest BCUT2D eigenvalue weighted by atomic mass is 10.1. The van der Waals surface area contributed by atoms with Gasteiger partial charge in [-0.1, -0.05) is 43.2 Å². The molecule has 0 aliphatic carbocycles. The summed E-state index contributed by atoms with van der Waals surface area (Å²) in [7, 11) is 0. The molecule has 0 aromatic heterocycles. The van der Waals surface area contributed by atoms with Gasteiger partial charge < -0.3 is 10.1 Å². The van der Waals surface area contributed by atoms with Crippen LogP contribution in [0.1, 0.15) is 53.0 Å². The van der Waals surface area contributed by atoms with E-state index in [1.54, 1.807) is 0 Å². The van der Waals surface area contributed by atoms with Gasteiger partial charge in [0.2, 0.25) is 5.91 Å². The van der Waals surface area contributed by atoms with Gasteiger partial charge in [-0.25, -0.2) is 10.0 Å². The fourth-order valence-electron chi connectivity index (χ4n) is 3.69. The quantitative estimate of drug-likeness (QED) is 0.548. The van der Waals surface area contributed by atoms with Crippen molar-refractivity contribution in [1.29, 1.82) is 0 Å². The van der Waals surface area contributed by atoms with Gasteiger partial charge in [0, 0.05) is 26.2 Å². The van der Waals surface area contributed by atoms with Gasteiger partial charge in [0.25, 0.3) is 0 Å². The normalized spacial score (nSPS) is 16.0. The van der Waals surface area contributed by atoms with E-state index < -0.39 is 0 Å². The van der Waals surface area contributed by atoms with Crippen LogP contribution < -0.4 is 10.1 Å². The lowest BCUT2D eigenvalue weighted by molar-refractivity contribution is -0.121. The Morgan fingerprint density at radius 1 is 1.07 bits per heavy atom. The Labute approximate surface area is 182 Å². The van der Waals surface area contributed by atoms with Gasteiger partial charge in [0.15, 0.2) is 0 Å². The molecule has 1 heterocycles. The number of ether oxygens (including phenoxy) is 1. The Bertz CT molecular complexity index is 708. The molecule has 0 radical (unpaired) electrons. The molecule has 0 atom stereocenters. The molecule has 1 amide bonds. The summed E-state index contributed by atoms with van der Waals surface area (Å²) in [6.45, 7) is 15.0. The molecule has 1 aliphatic heterocycles. The van der Waals surface area contributed by atoms with Gasteiger partial charge in [-0.2, -0.15) is 0 Å². The number of carbonyl (C=O) groups is 1. The number of hydrogen-bond acceptors (Lipinski definition) is 4. The van der Waals surface area contributed by atoms with Crippen LogP contribution in [0.3, 0.4) is 0 Å². The first-order valence-electron chi connectivity index (χ1n) is 11.2. The second-order valence-electron chi connectivity index (χ2n) is 8.28. The van der Waals surface area contributed by atoms with Crippen LogP contribution in [0, 0.1) is 0 Å². The van der Waals surface area contributed by atoms with Crippen molar-refractivity contribution in [1.82, 2.24) is 15.3 Å². The van der Waals surface area contributed by atoms with E-state index in [1.165, 1.54) is 11.1 Å². The number of rotatable bonds is 11. The average Bonchev–Trinajstić information content (AvgIpc) is 3.10. The zero-order valence-electron chi connectivity index (χ0n) is 19.4. The van der Waals surface area contributed by atoms with Crippen LogP contribution in [-0.4, -0.2) is 54.8 Å². The third kappa shape index (κ3) is 8.33. The third-order valence-corrected chi connectivity index (χ3v) is 5.42. The van der Waals surface area contributed by atoms with Crippen LogP contribution in [-0.2, 0) is 11.2 Å². The van der Waals surface area contributed by atoms with Crippen molar-refractivity contribution < 1.29 is 9.53 Å². The summed E-state index contributed by atoms with van der Waals surface area (Å²) in [5, 5.41) is 7.78. The Hall–Kier alpha value is -2.11. The molecular weight excluding hydrogens is 374 g/mol. The molecule has 2 rings (SSSR count). The highest BCUT2D eigenvalue weighted by molar-refractivity contribution is 5.79. The smallest absolute Gasteiger partial charge is 0.224 e. The number of likely N-dealkylation sites (N-methyl/N-ethyl adjacent to an activating group) is 2. The summed E-state index contributed by atoms with van der Waals surface area (Å²) in [5.41, 5.74) is 3.71. The van der Waals surface area contributed by atoms with Crippen LogP contribution in [0.4, 0.5) is 0 Å². The zero-order chi connectivity index (χ0) is 21.9. The summed E-state index contributed by atoms with van der Waals surface area (Å²) in [5.74, 6) is 0.915. The molecule has 1 N–H and O–H groups in total. The standard InChI is InChI=1S/C25H39N3O2/c1-6-27-18-23(19-28(27)7-2)26-25(29)17-22-11-13-24(14-12-22)30-16-15-21(5)10-8-9-20(3)4/h9,11-15,23H,6-8,10,16-19H2,1-5H3,(H,26,29). The van der Waals surface area contributed by atoms with E-state index in [-0.39, 0.29) is 11.9 Å². The van der Waals surface area contributed by atoms with Crippen molar-refractivity contribution in [3.63, 3.8) is 0 Å². The number of amides is 1. The maximum absolute atomic E-state index is 12.4. The first-order chi connectivity index (χ1) is 14.4. The Morgan fingerprint density at radius 2 is 1.70 bits per heavy atom. The second-order valence-corrected chi connectivity index (χ2v) is 8.28. The van der Waals surface area contributed by atoms with Crippen molar-refractivity contribution in [2.45, 2.75) is 59.9 Å². The fourth-order valence-corrected chi connectivity index (χ4v) is 3.69.